The zero-order chi connectivity index (χ0) is 16.6. The number of rotatable bonds is 5. The van der Waals surface area contributed by atoms with Gasteiger partial charge in [-0.1, -0.05) is 0 Å². The summed E-state index contributed by atoms with van der Waals surface area (Å²) in [7, 11) is 2.17. The second-order valence-corrected chi connectivity index (χ2v) is 6.93. The first-order valence-corrected chi connectivity index (χ1v) is 8.49. The van der Waals surface area contributed by atoms with Crippen LogP contribution in [0.15, 0.2) is 22.7 Å². The van der Waals surface area contributed by atoms with Crippen LogP contribution in [0.2, 0.25) is 0 Å². The fraction of sp³-hybridized carbons (Fsp3) is 0.611. The number of hydrogen-bond donors (Lipinski definition) is 0. The Bertz CT molecular complexity index is 658. The zero-order valence-electron chi connectivity index (χ0n) is 14.9. The molecule has 0 aromatic carbocycles. The predicted molar refractivity (Wildman–Crippen MR) is 91.1 cm³/mol. The second kappa shape index (κ2) is 6.49. The average Bonchev–Trinajstić information content (AvgIpc) is 3.09. The van der Waals surface area contributed by atoms with Gasteiger partial charge in [0.2, 0.25) is 0 Å². The predicted octanol–water partition coefficient (Wildman–Crippen LogP) is 3.20. The van der Waals surface area contributed by atoms with Crippen molar-refractivity contribution >= 4 is 0 Å². The largest absolute Gasteiger partial charge is 0.465 e. The maximum Gasteiger partial charge on any atom is 0.126 e. The zero-order valence-corrected chi connectivity index (χ0v) is 14.9. The summed E-state index contributed by atoms with van der Waals surface area (Å²) in [5.41, 5.74) is 1.32. The maximum atomic E-state index is 5.73. The number of hydrogen-bond acceptors (Lipinski definition) is 4. The van der Waals surface area contributed by atoms with Crippen molar-refractivity contribution in [1.29, 1.82) is 0 Å². The summed E-state index contributed by atoms with van der Waals surface area (Å²) in [5.74, 6) is 3.19. The van der Waals surface area contributed by atoms with E-state index in [0.29, 0.717) is 12.1 Å². The van der Waals surface area contributed by atoms with Gasteiger partial charge in [-0.2, -0.15) is 0 Å². The molecule has 126 valence electrons. The van der Waals surface area contributed by atoms with Gasteiger partial charge in [-0.05, 0) is 46.9 Å². The van der Waals surface area contributed by atoms with Crippen LogP contribution in [0, 0.1) is 6.92 Å². The summed E-state index contributed by atoms with van der Waals surface area (Å²) in [6, 6.07) is 4.96. The smallest absolute Gasteiger partial charge is 0.126 e. The van der Waals surface area contributed by atoms with Gasteiger partial charge in [0.25, 0.3) is 0 Å². The Morgan fingerprint density at radius 3 is 2.78 bits per heavy atom. The van der Waals surface area contributed by atoms with Crippen molar-refractivity contribution < 1.29 is 4.42 Å². The van der Waals surface area contributed by atoms with E-state index in [1.165, 1.54) is 11.5 Å². The van der Waals surface area contributed by atoms with E-state index < -0.39 is 0 Å². The van der Waals surface area contributed by atoms with Gasteiger partial charge < -0.3 is 8.98 Å². The lowest BCUT2D eigenvalue weighted by Crippen LogP contribution is -2.37. The molecule has 0 amide bonds. The molecule has 5 nitrogen and oxygen atoms in total. The molecule has 5 heteroatoms. The molecule has 0 saturated carbocycles. The van der Waals surface area contributed by atoms with Gasteiger partial charge in [0, 0.05) is 31.9 Å². The lowest BCUT2D eigenvalue weighted by Gasteiger charge is -2.34. The molecule has 0 saturated heterocycles. The van der Waals surface area contributed by atoms with E-state index >= 15 is 0 Å². The molecule has 1 aliphatic heterocycles. The topological polar surface area (TPSA) is 37.4 Å². The number of imidazole rings is 1. The third-order valence-electron chi connectivity index (χ3n) is 4.95. The van der Waals surface area contributed by atoms with Gasteiger partial charge in [0.05, 0.1) is 18.3 Å². The maximum absolute atomic E-state index is 5.73. The van der Waals surface area contributed by atoms with Crippen LogP contribution >= 0.6 is 0 Å². The molecule has 0 bridgehead atoms. The Morgan fingerprint density at radius 2 is 2.13 bits per heavy atom. The Morgan fingerprint density at radius 1 is 1.35 bits per heavy atom. The highest BCUT2D eigenvalue weighted by Gasteiger charge is 2.27. The molecule has 2 aromatic rings. The van der Waals surface area contributed by atoms with Crippen molar-refractivity contribution in [3.63, 3.8) is 0 Å². The first-order valence-electron chi connectivity index (χ1n) is 8.49. The molecule has 3 rings (SSSR count). The van der Waals surface area contributed by atoms with E-state index in [1.54, 1.807) is 0 Å². The van der Waals surface area contributed by atoms with Crippen molar-refractivity contribution in [3.05, 3.63) is 41.4 Å². The molecule has 3 heterocycles. The van der Waals surface area contributed by atoms with Crippen LogP contribution in [-0.4, -0.2) is 39.0 Å². The van der Waals surface area contributed by atoms with Crippen LogP contribution in [-0.2, 0) is 19.6 Å². The third-order valence-corrected chi connectivity index (χ3v) is 4.95. The van der Waals surface area contributed by atoms with E-state index in [9.17, 15) is 0 Å². The van der Waals surface area contributed by atoms with Crippen LogP contribution in [0.25, 0.3) is 0 Å². The molecular weight excluding hydrogens is 288 g/mol. The van der Waals surface area contributed by atoms with Gasteiger partial charge in [-0.3, -0.25) is 9.80 Å². The first-order chi connectivity index (χ1) is 11.0. The molecule has 23 heavy (non-hydrogen) atoms. The van der Waals surface area contributed by atoms with Crippen LogP contribution in [0.3, 0.4) is 0 Å². The molecule has 1 unspecified atom stereocenters. The van der Waals surface area contributed by atoms with Gasteiger partial charge in [0.1, 0.15) is 17.3 Å². The minimum atomic E-state index is 0.312. The number of fused-ring (bicyclic) bond motifs is 1. The van der Waals surface area contributed by atoms with Crippen LogP contribution in [0.5, 0.6) is 0 Å². The van der Waals surface area contributed by atoms with Crippen LogP contribution in [0.4, 0.5) is 0 Å². The highest BCUT2D eigenvalue weighted by molar-refractivity contribution is 5.12. The van der Waals surface area contributed by atoms with Gasteiger partial charge in [-0.15, -0.1) is 0 Å². The molecule has 0 fully saturated rings. The highest BCUT2D eigenvalue weighted by atomic mass is 16.3. The van der Waals surface area contributed by atoms with Gasteiger partial charge in [0.15, 0.2) is 0 Å². The molecule has 0 radical (unpaired) electrons. The van der Waals surface area contributed by atoms with Gasteiger partial charge in [-0.25, -0.2) is 4.98 Å². The van der Waals surface area contributed by atoms with Crippen molar-refractivity contribution in [3.8, 4) is 0 Å². The first kappa shape index (κ1) is 16.3. The minimum absolute atomic E-state index is 0.312. The molecule has 1 atom stereocenters. The third kappa shape index (κ3) is 3.35. The van der Waals surface area contributed by atoms with Crippen LogP contribution < -0.4 is 0 Å². The van der Waals surface area contributed by atoms with Crippen molar-refractivity contribution in [1.82, 2.24) is 19.4 Å². The quantitative estimate of drug-likeness (QED) is 0.849. The van der Waals surface area contributed by atoms with Gasteiger partial charge >= 0.3 is 0 Å². The Kier molecular flexibility index (Phi) is 4.60. The summed E-state index contributed by atoms with van der Waals surface area (Å²) in [6.07, 6.45) is 2.05. The molecule has 2 aromatic heterocycles. The average molecular weight is 316 g/mol. The molecule has 0 N–H and O–H groups in total. The summed E-state index contributed by atoms with van der Waals surface area (Å²) in [6.45, 7) is 12.5. The highest BCUT2D eigenvalue weighted by Crippen LogP contribution is 2.27. The lowest BCUT2D eigenvalue weighted by atomic mass is 10.2. The van der Waals surface area contributed by atoms with E-state index in [4.69, 9.17) is 9.40 Å². The van der Waals surface area contributed by atoms with E-state index in [2.05, 4.69) is 48.3 Å². The monoisotopic (exact) mass is 316 g/mol. The van der Waals surface area contributed by atoms with E-state index in [1.807, 2.05) is 19.2 Å². The lowest BCUT2D eigenvalue weighted by molar-refractivity contribution is 0.141. The fourth-order valence-electron chi connectivity index (χ4n) is 3.15. The van der Waals surface area contributed by atoms with E-state index in [-0.39, 0.29) is 0 Å². The van der Waals surface area contributed by atoms with Crippen LogP contribution in [0.1, 0.15) is 49.9 Å². The van der Waals surface area contributed by atoms with Crippen molar-refractivity contribution in [2.45, 2.75) is 59.4 Å². The summed E-state index contributed by atoms with van der Waals surface area (Å²) in [5, 5.41) is 0. The summed E-state index contributed by atoms with van der Waals surface area (Å²) in [4.78, 5) is 9.51. The SMILES string of the molecule is Cc1ccc(CN2CCn3c(CN(C)C(C)C)cnc3C2C)o1. The number of furan rings is 1. The standard InChI is InChI=1S/C18H28N4O/c1-13(2)20(5)11-16-10-19-18-15(4)21(8-9-22(16)18)12-17-7-6-14(3)23-17/h6-7,10,13,15H,8-9,11-12H2,1-5H3. The molecule has 1 aliphatic rings. The number of aromatic nitrogens is 2. The number of nitrogens with zero attached hydrogens (tertiary/aromatic N) is 4. The normalized spacial score (nSPS) is 18.8. The fourth-order valence-corrected chi connectivity index (χ4v) is 3.15. The summed E-state index contributed by atoms with van der Waals surface area (Å²) >= 11 is 0. The molecular formula is C18H28N4O. The Balaban J connectivity index is 1.73. The number of aryl methyl sites for hydroxylation is 1. The molecule has 0 spiro atoms. The minimum Gasteiger partial charge on any atom is -0.465 e. The summed E-state index contributed by atoms with van der Waals surface area (Å²) < 4.78 is 8.13. The van der Waals surface area contributed by atoms with E-state index in [0.717, 1.165) is 37.7 Å². The Hall–Kier alpha value is -1.59. The van der Waals surface area contributed by atoms with Crippen molar-refractivity contribution in [2.75, 3.05) is 13.6 Å². The van der Waals surface area contributed by atoms with Crippen molar-refractivity contribution in [2.24, 2.45) is 0 Å². The Labute approximate surface area is 138 Å². The second-order valence-electron chi connectivity index (χ2n) is 6.93. The molecule has 0 aliphatic carbocycles.